The van der Waals surface area contributed by atoms with E-state index in [0.29, 0.717) is 6.04 Å². The minimum absolute atomic E-state index is 0.590. The van der Waals surface area contributed by atoms with Gasteiger partial charge in [-0.05, 0) is 67.1 Å². The van der Waals surface area contributed by atoms with Gasteiger partial charge in [0.05, 0.1) is 7.11 Å². The number of fused-ring (bicyclic) bond motifs is 1. The lowest BCUT2D eigenvalue weighted by atomic mass is 9.86. The van der Waals surface area contributed by atoms with E-state index >= 15 is 0 Å². The minimum Gasteiger partial charge on any atom is -0.496 e. The zero-order valence-corrected chi connectivity index (χ0v) is 14.2. The van der Waals surface area contributed by atoms with Gasteiger partial charge in [0, 0.05) is 25.0 Å². The highest BCUT2D eigenvalue weighted by Gasteiger charge is 2.25. The van der Waals surface area contributed by atoms with Gasteiger partial charge in [-0.2, -0.15) is 0 Å². The molecule has 0 N–H and O–H groups in total. The zero-order valence-electron chi connectivity index (χ0n) is 14.2. The lowest BCUT2D eigenvalue weighted by Crippen LogP contribution is -2.39. The molecule has 2 aromatic rings. The van der Waals surface area contributed by atoms with Crippen molar-refractivity contribution in [2.45, 2.75) is 45.2 Å². The molecule has 1 aromatic carbocycles. The number of nitrogens with zero attached hydrogens (tertiary/aromatic N) is 2. The number of benzene rings is 1. The highest BCUT2D eigenvalue weighted by Crippen LogP contribution is 2.32. The molecule has 0 saturated heterocycles. The molecule has 0 spiro atoms. The summed E-state index contributed by atoms with van der Waals surface area (Å²) in [5.41, 5.74) is 4.21. The van der Waals surface area contributed by atoms with Gasteiger partial charge in [-0.3, -0.25) is 9.88 Å². The van der Waals surface area contributed by atoms with Gasteiger partial charge >= 0.3 is 0 Å². The molecule has 1 aliphatic rings. The molecule has 1 atom stereocenters. The van der Waals surface area contributed by atoms with Gasteiger partial charge in [0.1, 0.15) is 5.75 Å². The Kier molecular flexibility index (Phi) is 5.29. The third-order valence-corrected chi connectivity index (χ3v) is 4.80. The molecule has 3 nitrogen and oxygen atoms in total. The Labute approximate surface area is 139 Å². The molecule has 1 unspecified atom stereocenters. The molecule has 0 bridgehead atoms. The number of aromatic nitrogens is 1. The van der Waals surface area contributed by atoms with Crippen molar-refractivity contribution in [3.63, 3.8) is 0 Å². The van der Waals surface area contributed by atoms with Crippen molar-refractivity contribution < 1.29 is 4.74 Å². The van der Waals surface area contributed by atoms with Crippen LogP contribution in [0.3, 0.4) is 0 Å². The predicted octanol–water partition coefficient (Wildman–Crippen LogP) is 3.86. The molecular formula is C20H26N2O. The third-order valence-electron chi connectivity index (χ3n) is 4.80. The van der Waals surface area contributed by atoms with Gasteiger partial charge in [0.15, 0.2) is 0 Å². The minimum atomic E-state index is 0.590. The van der Waals surface area contributed by atoms with Crippen LogP contribution in [0.5, 0.6) is 5.75 Å². The lowest BCUT2D eigenvalue weighted by molar-refractivity contribution is 0.170. The van der Waals surface area contributed by atoms with Crippen LogP contribution < -0.4 is 4.74 Å². The molecule has 3 rings (SSSR count). The monoisotopic (exact) mass is 310 g/mol. The molecule has 1 aliphatic carbocycles. The van der Waals surface area contributed by atoms with E-state index in [2.05, 4.69) is 47.1 Å². The van der Waals surface area contributed by atoms with Crippen molar-refractivity contribution in [3.05, 3.63) is 59.4 Å². The molecule has 1 aromatic heterocycles. The van der Waals surface area contributed by atoms with Crippen molar-refractivity contribution >= 4 is 0 Å². The van der Waals surface area contributed by atoms with Crippen LogP contribution in [0.15, 0.2) is 42.7 Å². The Morgan fingerprint density at radius 3 is 2.78 bits per heavy atom. The summed E-state index contributed by atoms with van der Waals surface area (Å²) >= 11 is 0. The number of methoxy groups -OCH3 is 1. The molecule has 1 heterocycles. The lowest BCUT2D eigenvalue weighted by Gasteiger charge is -2.35. The van der Waals surface area contributed by atoms with Crippen LogP contribution in [-0.2, 0) is 19.4 Å². The Morgan fingerprint density at radius 1 is 1.22 bits per heavy atom. The van der Waals surface area contributed by atoms with Crippen LogP contribution >= 0.6 is 0 Å². The maximum absolute atomic E-state index is 5.59. The van der Waals surface area contributed by atoms with E-state index in [0.717, 1.165) is 31.7 Å². The van der Waals surface area contributed by atoms with E-state index in [1.54, 1.807) is 7.11 Å². The summed E-state index contributed by atoms with van der Waals surface area (Å²) < 4.78 is 5.59. The van der Waals surface area contributed by atoms with Gasteiger partial charge < -0.3 is 4.74 Å². The van der Waals surface area contributed by atoms with Crippen molar-refractivity contribution in [1.82, 2.24) is 9.88 Å². The fraction of sp³-hybridized carbons (Fsp3) is 0.450. The topological polar surface area (TPSA) is 25.4 Å². The SMILES string of the molecule is CCCN(Cc1ccncc1)C1CCc2cccc(OC)c2C1. The average molecular weight is 310 g/mol. The highest BCUT2D eigenvalue weighted by atomic mass is 16.5. The standard InChI is InChI=1S/C20H26N2O/c1-3-13-22(15-16-9-11-21-12-10-16)18-8-7-17-5-4-6-20(23-2)19(17)14-18/h4-6,9-12,18H,3,7-8,13-15H2,1-2H3. The Bertz CT molecular complexity index is 613. The number of ether oxygens (including phenoxy) is 1. The smallest absolute Gasteiger partial charge is 0.122 e. The summed E-state index contributed by atoms with van der Waals surface area (Å²) in [5.74, 6) is 1.05. The van der Waals surface area contributed by atoms with Crippen LogP contribution in [0.1, 0.15) is 36.5 Å². The maximum Gasteiger partial charge on any atom is 0.122 e. The number of hydrogen-bond acceptors (Lipinski definition) is 3. The molecule has 0 saturated carbocycles. The summed E-state index contributed by atoms with van der Waals surface area (Å²) in [6.07, 6.45) is 8.42. The molecular weight excluding hydrogens is 284 g/mol. The second-order valence-corrected chi connectivity index (χ2v) is 6.32. The van der Waals surface area contributed by atoms with E-state index in [4.69, 9.17) is 4.74 Å². The first-order valence-corrected chi connectivity index (χ1v) is 8.59. The van der Waals surface area contributed by atoms with Gasteiger partial charge in [0.25, 0.3) is 0 Å². The summed E-state index contributed by atoms with van der Waals surface area (Å²) in [5, 5.41) is 0. The first-order valence-electron chi connectivity index (χ1n) is 8.59. The number of rotatable bonds is 6. The van der Waals surface area contributed by atoms with Gasteiger partial charge in [-0.1, -0.05) is 19.1 Å². The average Bonchev–Trinajstić information content (AvgIpc) is 2.61. The molecule has 0 fully saturated rings. The van der Waals surface area contributed by atoms with Crippen molar-refractivity contribution in [2.75, 3.05) is 13.7 Å². The zero-order chi connectivity index (χ0) is 16.1. The third kappa shape index (κ3) is 3.73. The van der Waals surface area contributed by atoms with Crippen LogP contribution in [-0.4, -0.2) is 29.6 Å². The van der Waals surface area contributed by atoms with Crippen LogP contribution in [0.4, 0.5) is 0 Å². The van der Waals surface area contributed by atoms with Crippen molar-refractivity contribution in [1.29, 1.82) is 0 Å². The normalized spacial score (nSPS) is 17.1. The van der Waals surface area contributed by atoms with Gasteiger partial charge in [-0.15, -0.1) is 0 Å². The fourth-order valence-electron chi connectivity index (χ4n) is 3.64. The molecule has 23 heavy (non-hydrogen) atoms. The summed E-state index contributed by atoms with van der Waals surface area (Å²) in [7, 11) is 1.78. The van der Waals surface area contributed by atoms with E-state index in [9.17, 15) is 0 Å². The Balaban J connectivity index is 1.78. The first-order chi connectivity index (χ1) is 11.3. The Hall–Kier alpha value is -1.87. The molecule has 122 valence electrons. The quantitative estimate of drug-likeness (QED) is 0.810. The molecule has 0 amide bonds. The predicted molar refractivity (Wildman–Crippen MR) is 93.7 cm³/mol. The number of aryl methyl sites for hydroxylation is 1. The molecule has 0 aliphatic heterocycles. The first kappa shape index (κ1) is 16.0. The van der Waals surface area contributed by atoms with Crippen LogP contribution in [0.25, 0.3) is 0 Å². The van der Waals surface area contributed by atoms with E-state index in [1.165, 1.54) is 29.5 Å². The van der Waals surface area contributed by atoms with E-state index in [1.807, 2.05) is 12.4 Å². The fourth-order valence-corrected chi connectivity index (χ4v) is 3.64. The highest BCUT2D eigenvalue weighted by molar-refractivity contribution is 5.42. The summed E-state index contributed by atoms with van der Waals surface area (Å²) in [6, 6.07) is 11.3. The van der Waals surface area contributed by atoms with Crippen LogP contribution in [0, 0.1) is 0 Å². The molecule has 3 heteroatoms. The number of pyridine rings is 1. The largest absolute Gasteiger partial charge is 0.496 e. The van der Waals surface area contributed by atoms with Crippen LogP contribution in [0.2, 0.25) is 0 Å². The second-order valence-electron chi connectivity index (χ2n) is 6.32. The summed E-state index contributed by atoms with van der Waals surface area (Å²) in [4.78, 5) is 6.76. The van der Waals surface area contributed by atoms with E-state index in [-0.39, 0.29) is 0 Å². The van der Waals surface area contributed by atoms with Crippen molar-refractivity contribution in [3.8, 4) is 5.75 Å². The maximum atomic E-state index is 5.59. The van der Waals surface area contributed by atoms with E-state index < -0.39 is 0 Å². The second kappa shape index (κ2) is 7.60. The number of hydrogen-bond donors (Lipinski definition) is 0. The Morgan fingerprint density at radius 2 is 2.04 bits per heavy atom. The summed E-state index contributed by atoms with van der Waals surface area (Å²) in [6.45, 7) is 4.40. The van der Waals surface area contributed by atoms with Gasteiger partial charge in [-0.25, -0.2) is 0 Å². The molecule has 0 radical (unpaired) electrons. The van der Waals surface area contributed by atoms with Crippen molar-refractivity contribution in [2.24, 2.45) is 0 Å². The van der Waals surface area contributed by atoms with Gasteiger partial charge in [0.2, 0.25) is 0 Å².